The van der Waals surface area contributed by atoms with Crippen LogP contribution in [0.5, 0.6) is 0 Å². The van der Waals surface area contributed by atoms with Crippen LogP contribution in [0, 0.1) is 0 Å². The summed E-state index contributed by atoms with van der Waals surface area (Å²) in [6.45, 7) is 2.24. The Morgan fingerprint density at radius 3 is 2.44 bits per heavy atom. The fraction of sp³-hybridized carbons (Fsp3) is 0.200. The molecule has 4 nitrogen and oxygen atoms in total. The quantitative estimate of drug-likeness (QED) is 0.745. The number of anilines is 2. The summed E-state index contributed by atoms with van der Waals surface area (Å²) in [6.07, 6.45) is 2.51. The third-order valence-electron chi connectivity index (χ3n) is 4.42. The number of aromatic nitrogens is 1. The number of carbonyl (C=O) groups is 1. The van der Waals surface area contributed by atoms with Crippen LogP contribution in [0.25, 0.3) is 11.3 Å². The molecule has 1 aliphatic heterocycles. The molecule has 1 saturated heterocycles. The highest BCUT2D eigenvalue weighted by atomic mass is 32.1. The van der Waals surface area contributed by atoms with E-state index in [0.29, 0.717) is 4.88 Å². The lowest BCUT2D eigenvalue weighted by molar-refractivity contribution is 0.103. The Hall–Kier alpha value is -2.66. The van der Waals surface area contributed by atoms with Gasteiger partial charge in [0.05, 0.1) is 11.2 Å². The fourth-order valence-electron chi connectivity index (χ4n) is 3.13. The zero-order chi connectivity index (χ0) is 17.1. The molecule has 4 rings (SSSR count). The summed E-state index contributed by atoms with van der Waals surface area (Å²) in [6, 6.07) is 17.9. The number of amides is 1. The second-order valence-corrected chi connectivity index (χ2v) is 6.95. The number of nitrogens with one attached hydrogen (secondary N) is 1. The van der Waals surface area contributed by atoms with E-state index in [4.69, 9.17) is 0 Å². The first-order valence-electron chi connectivity index (χ1n) is 8.46. The van der Waals surface area contributed by atoms with Crippen LogP contribution in [0.1, 0.15) is 22.5 Å². The Morgan fingerprint density at radius 2 is 1.72 bits per heavy atom. The van der Waals surface area contributed by atoms with Gasteiger partial charge in [0, 0.05) is 30.0 Å². The molecule has 3 aromatic rings. The summed E-state index contributed by atoms with van der Waals surface area (Å²) in [5.74, 6) is -0.115. The van der Waals surface area contributed by atoms with Gasteiger partial charge in [-0.15, -0.1) is 11.3 Å². The minimum Gasteiger partial charge on any atom is -0.372 e. The molecule has 0 radical (unpaired) electrons. The van der Waals surface area contributed by atoms with E-state index in [1.54, 1.807) is 5.51 Å². The van der Waals surface area contributed by atoms with E-state index >= 15 is 0 Å². The summed E-state index contributed by atoms with van der Waals surface area (Å²) < 4.78 is 0. The normalized spacial score (nSPS) is 13.8. The molecule has 0 saturated carbocycles. The van der Waals surface area contributed by atoms with Crippen molar-refractivity contribution in [1.29, 1.82) is 0 Å². The van der Waals surface area contributed by atoms with E-state index in [9.17, 15) is 4.79 Å². The third kappa shape index (κ3) is 3.42. The maximum atomic E-state index is 12.7. The highest BCUT2D eigenvalue weighted by Gasteiger charge is 2.17. The monoisotopic (exact) mass is 349 g/mol. The van der Waals surface area contributed by atoms with Crippen molar-refractivity contribution in [2.45, 2.75) is 12.8 Å². The van der Waals surface area contributed by atoms with Crippen molar-refractivity contribution in [2.75, 3.05) is 23.3 Å². The van der Waals surface area contributed by atoms with E-state index in [2.05, 4.69) is 27.3 Å². The predicted molar refractivity (Wildman–Crippen MR) is 103 cm³/mol. The number of thiazole rings is 1. The van der Waals surface area contributed by atoms with Crippen molar-refractivity contribution < 1.29 is 4.79 Å². The SMILES string of the molecule is O=C(Nc1ccc(N2CCCC2)cc1)c1scnc1-c1ccccc1. The van der Waals surface area contributed by atoms with Crippen LogP contribution in [0.3, 0.4) is 0 Å². The van der Waals surface area contributed by atoms with E-state index < -0.39 is 0 Å². The molecule has 2 aromatic carbocycles. The van der Waals surface area contributed by atoms with Crippen LogP contribution in [0.2, 0.25) is 0 Å². The van der Waals surface area contributed by atoms with Gasteiger partial charge < -0.3 is 10.2 Å². The van der Waals surface area contributed by atoms with Crippen LogP contribution in [-0.4, -0.2) is 24.0 Å². The van der Waals surface area contributed by atoms with Gasteiger partial charge in [-0.2, -0.15) is 0 Å². The number of carbonyl (C=O) groups excluding carboxylic acids is 1. The summed E-state index contributed by atoms with van der Waals surface area (Å²) in [5.41, 5.74) is 5.43. The van der Waals surface area contributed by atoms with Crippen molar-refractivity contribution in [3.63, 3.8) is 0 Å². The summed E-state index contributed by atoms with van der Waals surface area (Å²) >= 11 is 1.36. The second-order valence-electron chi connectivity index (χ2n) is 6.09. The van der Waals surface area contributed by atoms with Gasteiger partial charge in [-0.05, 0) is 37.1 Å². The van der Waals surface area contributed by atoms with E-state index in [-0.39, 0.29) is 5.91 Å². The highest BCUT2D eigenvalue weighted by Crippen LogP contribution is 2.27. The van der Waals surface area contributed by atoms with Gasteiger partial charge in [0.2, 0.25) is 0 Å². The van der Waals surface area contributed by atoms with Gasteiger partial charge >= 0.3 is 0 Å². The molecule has 1 aromatic heterocycles. The average molecular weight is 349 g/mol. The van der Waals surface area contributed by atoms with Gasteiger partial charge in [0.15, 0.2) is 0 Å². The molecule has 0 aliphatic carbocycles. The molecule has 1 fully saturated rings. The lowest BCUT2D eigenvalue weighted by Crippen LogP contribution is -2.17. The minimum atomic E-state index is -0.115. The fourth-order valence-corrected chi connectivity index (χ4v) is 3.83. The summed E-state index contributed by atoms with van der Waals surface area (Å²) in [5, 5.41) is 2.99. The molecule has 1 aliphatic rings. The van der Waals surface area contributed by atoms with E-state index in [0.717, 1.165) is 30.0 Å². The predicted octanol–water partition coefficient (Wildman–Crippen LogP) is 4.66. The van der Waals surface area contributed by atoms with Gasteiger partial charge in [0.1, 0.15) is 4.88 Å². The number of hydrogen-bond acceptors (Lipinski definition) is 4. The van der Waals surface area contributed by atoms with Crippen LogP contribution in [0.15, 0.2) is 60.1 Å². The maximum absolute atomic E-state index is 12.7. The van der Waals surface area contributed by atoms with E-state index in [1.807, 2.05) is 42.5 Å². The molecular weight excluding hydrogens is 330 g/mol. The number of hydrogen-bond donors (Lipinski definition) is 1. The lowest BCUT2D eigenvalue weighted by Gasteiger charge is -2.17. The van der Waals surface area contributed by atoms with Crippen molar-refractivity contribution in [1.82, 2.24) is 4.98 Å². The Balaban J connectivity index is 1.50. The first-order valence-corrected chi connectivity index (χ1v) is 9.34. The van der Waals surface area contributed by atoms with E-state index in [1.165, 1.54) is 29.9 Å². The molecule has 0 atom stereocenters. The number of benzene rings is 2. The molecule has 0 bridgehead atoms. The molecule has 25 heavy (non-hydrogen) atoms. The van der Waals surface area contributed by atoms with Crippen molar-refractivity contribution in [3.8, 4) is 11.3 Å². The standard InChI is InChI=1S/C20H19N3OS/c24-20(19-18(21-14-25-19)15-6-2-1-3-7-15)22-16-8-10-17(11-9-16)23-12-4-5-13-23/h1-3,6-11,14H,4-5,12-13H2,(H,22,24). The number of nitrogens with zero attached hydrogens (tertiary/aromatic N) is 2. The van der Waals surface area contributed by atoms with Crippen molar-refractivity contribution in [2.24, 2.45) is 0 Å². The minimum absolute atomic E-state index is 0.115. The molecule has 5 heteroatoms. The Morgan fingerprint density at radius 1 is 1.00 bits per heavy atom. The maximum Gasteiger partial charge on any atom is 0.268 e. The number of rotatable bonds is 4. The van der Waals surface area contributed by atoms with Crippen molar-refractivity contribution in [3.05, 3.63) is 65.0 Å². The summed E-state index contributed by atoms with van der Waals surface area (Å²) in [7, 11) is 0. The molecule has 126 valence electrons. The molecular formula is C20H19N3OS. The van der Waals surface area contributed by atoms with Crippen LogP contribution < -0.4 is 10.2 Å². The largest absolute Gasteiger partial charge is 0.372 e. The van der Waals surface area contributed by atoms with Crippen LogP contribution in [0.4, 0.5) is 11.4 Å². The topological polar surface area (TPSA) is 45.2 Å². The Bertz CT molecular complexity index is 852. The Kier molecular flexibility index (Phi) is 4.48. The molecule has 2 heterocycles. The molecule has 0 spiro atoms. The smallest absolute Gasteiger partial charge is 0.268 e. The van der Waals surface area contributed by atoms with Crippen LogP contribution >= 0.6 is 11.3 Å². The Labute approximate surface area is 151 Å². The average Bonchev–Trinajstić information content (AvgIpc) is 3.35. The van der Waals surface area contributed by atoms with Gasteiger partial charge in [-0.1, -0.05) is 30.3 Å². The second kappa shape index (κ2) is 7.07. The van der Waals surface area contributed by atoms with Gasteiger partial charge in [0.25, 0.3) is 5.91 Å². The highest BCUT2D eigenvalue weighted by molar-refractivity contribution is 7.12. The molecule has 1 N–H and O–H groups in total. The van der Waals surface area contributed by atoms with Crippen molar-refractivity contribution >= 4 is 28.6 Å². The lowest BCUT2D eigenvalue weighted by atomic mass is 10.1. The molecule has 0 unspecified atom stereocenters. The van der Waals surface area contributed by atoms with Gasteiger partial charge in [-0.25, -0.2) is 4.98 Å². The van der Waals surface area contributed by atoms with Crippen LogP contribution in [-0.2, 0) is 0 Å². The zero-order valence-corrected chi connectivity index (χ0v) is 14.6. The first-order chi connectivity index (χ1) is 12.3. The third-order valence-corrected chi connectivity index (χ3v) is 5.24. The van der Waals surface area contributed by atoms with Gasteiger partial charge in [-0.3, -0.25) is 4.79 Å². The summed E-state index contributed by atoms with van der Waals surface area (Å²) in [4.78, 5) is 20.0. The zero-order valence-electron chi connectivity index (χ0n) is 13.8. The molecule has 1 amide bonds. The first kappa shape index (κ1) is 15.8.